The molecule has 1 saturated carbocycles. The molecule has 1 aromatic rings. The highest BCUT2D eigenvalue weighted by atomic mass is 16.5. The van der Waals surface area contributed by atoms with Crippen LogP contribution in [0.5, 0.6) is 0 Å². The van der Waals surface area contributed by atoms with E-state index in [1.54, 1.807) is 0 Å². The molecule has 3 nitrogen and oxygen atoms in total. The van der Waals surface area contributed by atoms with Gasteiger partial charge in [0.2, 0.25) is 0 Å². The summed E-state index contributed by atoms with van der Waals surface area (Å²) in [5.74, 6) is 0. The van der Waals surface area contributed by atoms with Crippen LogP contribution in [-0.2, 0) is 11.3 Å². The SMILES string of the molecule is CN(Cc1cccc(C#N)c1)CC1CCC2(CCCC2)O1. The first-order valence-electron chi connectivity index (χ1n) is 8.05. The maximum atomic E-state index is 8.96. The van der Waals surface area contributed by atoms with Crippen molar-refractivity contribution in [1.29, 1.82) is 5.26 Å². The third-order valence-corrected chi connectivity index (χ3v) is 4.88. The molecule has 0 bridgehead atoms. The summed E-state index contributed by atoms with van der Waals surface area (Å²) in [4.78, 5) is 2.31. The summed E-state index contributed by atoms with van der Waals surface area (Å²) in [6.07, 6.45) is 8.02. The van der Waals surface area contributed by atoms with Crippen molar-refractivity contribution in [2.75, 3.05) is 13.6 Å². The molecule has 2 aliphatic rings. The number of hydrogen-bond donors (Lipinski definition) is 0. The van der Waals surface area contributed by atoms with Gasteiger partial charge in [0.25, 0.3) is 0 Å². The number of nitriles is 1. The van der Waals surface area contributed by atoms with Gasteiger partial charge in [-0.2, -0.15) is 5.26 Å². The van der Waals surface area contributed by atoms with E-state index >= 15 is 0 Å². The summed E-state index contributed by atoms with van der Waals surface area (Å²) in [6, 6.07) is 10.1. The lowest BCUT2D eigenvalue weighted by Crippen LogP contribution is -2.32. The summed E-state index contributed by atoms with van der Waals surface area (Å²) < 4.78 is 6.37. The maximum absolute atomic E-state index is 8.96. The molecular formula is C18H24N2O. The Bertz CT molecular complexity index is 528. The van der Waals surface area contributed by atoms with Crippen molar-refractivity contribution in [2.45, 2.75) is 56.8 Å². The van der Waals surface area contributed by atoms with Crippen LogP contribution in [0, 0.1) is 11.3 Å². The molecule has 3 rings (SSSR count). The van der Waals surface area contributed by atoms with Gasteiger partial charge in [0.1, 0.15) is 0 Å². The van der Waals surface area contributed by atoms with E-state index in [9.17, 15) is 0 Å². The van der Waals surface area contributed by atoms with Crippen molar-refractivity contribution in [3.63, 3.8) is 0 Å². The van der Waals surface area contributed by atoms with E-state index in [0.717, 1.165) is 18.7 Å². The van der Waals surface area contributed by atoms with Crippen molar-refractivity contribution in [2.24, 2.45) is 0 Å². The molecule has 1 unspecified atom stereocenters. The fourth-order valence-electron chi connectivity index (χ4n) is 3.87. The van der Waals surface area contributed by atoms with Crippen LogP contribution in [0.1, 0.15) is 49.7 Å². The lowest BCUT2D eigenvalue weighted by Gasteiger charge is -2.26. The maximum Gasteiger partial charge on any atom is 0.0991 e. The van der Waals surface area contributed by atoms with Crippen molar-refractivity contribution in [3.8, 4) is 6.07 Å². The number of hydrogen-bond acceptors (Lipinski definition) is 3. The van der Waals surface area contributed by atoms with E-state index < -0.39 is 0 Å². The Labute approximate surface area is 127 Å². The summed E-state index contributed by atoms with van der Waals surface area (Å²) >= 11 is 0. The van der Waals surface area contributed by atoms with Crippen LogP contribution < -0.4 is 0 Å². The van der Waals surface area contributed by atoms with E-state index in [4.69, 9.17) is 10.00 Å². The zero-order valence-corrected chi connectivity index (χ0v) is 12.8. The highest BCUT2D eigenvalue weighted by Crippen LogP contribution is 2.43. The monoisotopic (exact) mass is 284 g/mol. The van der Waals surface area contributed by atoms with Gasteiger partial charge in [-0.25, -0.2) is 0 Å². The van der Waals surface area contributed by atoms with Crippen molar-refractivity contribution in [3.05, 3.63) is 35.4 Å². The average molecular weight is 284 g/mol. The molecule has 1 saturated heterocycles. The summed E-state index contributed by atoms with van der Waals surface area (Å²) in [5.41, 5.74) is 2.17. The summed E-state index contributed by atoms with van der Waals surface area (Å²) in [5, 5.41) is 8.96. The van der Waals surface area contributed by atoms with E-state index in [2.05, 4.69) is 24.1 Å². The summed E-state index contributed by atoms with van der Waals surface area (Å²) in [7, 11) is 2.14. The van der Waals surface area contributed by atoms with Gasteiger partial charge in [0, 0.05) is 13.1 Å². The highest BCUT2D eigenvalue weighted by Gasteiger charge is 2.42. The number of ether oxygens (including phenoxy) is 1. The van der Waals surface area contributed by atoms with Crippen molar-refractivity contribution in [1.82, 2.24) is 4.90 Å². The minimum atomic E-state index is 0.228. The first-order valence-corrected chi connectivity index (χ1v) is 8.05. The van der Waals surface area contributed by atoms with Gasteiger partial charge in [-0.1, -0.05) is 25.0 Å². The predicted molar refractivity (Wildman–Crippen MR) is 82.8 cm³/mol. The van der Waals surface area contributed by atoms with E-state index in [0.29, 0.717) is 6.10 Å². The molecule has 112 valence electrons. The molecule has 3 heteroatoms. The molecule has 1 spiro atoms. The van der Waals surface area contributed by atoms with Crippen LogP contribution in [0.4, 0.5) is 0 Å². The topological polar surface area (TPSA) is 36.3 Å². The van der Waals surface area contributed by atoms with Crippen LogP contribution >= 0.6 is 0 Å². The quantitative estimate of drug-likeness (QED) is 0.849. The Kier molecular flexibility index (Phi) is 4.28. The minimum Gasteiger partial charge on any atom is -0.370 e. The summed E-state index contributed by atoms with van der Waals surface area (Å²) in [6.45, 7) is 1.86. The van der Waals surface area contributed by atoms with Gasteiger partial charge in [0.15, 0.2) is 0 Å². The van der Waals surface area contributed by atoms with Crippen molar-refractivity contribution >= 4 is 0 Å². The number of nitrogens with zero attached hydrogens (tertiary/aromatic N) is 2. The number of likely N-dealkylation sites (N-methyl/N-ethyl adjacent to an activating group) is 1. The Hall–Kier alpha value is -1.37. The zero-order valence-electron chi connectivity index (χ0n) is 12.8. The Morgan fingerprint density at radius 1 is 1.33 bits per heavy atom. The Morgan fingerprint density at radius 2 is 2.14 bits per heavy atom. The lowest BCUT2D eigenvalue weighted by molar-refractivity contribution is -0.0457. The highest BCUT2D eigenvalue weighted by molar-refractivity contribution is 5.32. The van der Waals surface area contributed by atoms with Gasteiger partial charge in [-0.05, 0) is 50.4 Å². The average Bonchev–Trinajstić information content (AvgIpc) is 3.09. The standard InChI is InChI=1S/C18H24N2O/c1-20(13-16-6-4-5-15(11-16)12-19)14-17-7-10-18(21-17)8-2-3-9-18/h4-6,11,17H,2-3,7-10,13-14H2,1H3. The van der Waals surface area contributed by atoms with E-state index in [1.807, 2.05) is 18.2 Å². The van der Waals surface area contributed by atoms with Gasteiger partial charge < -0.3 is 4.74 Å². The molecule has 1 atom stereocenters. The molecule has 0 N–H and O–H groups in total. The predicted octanol–water partition coefficient (Wildman–Crippen LogP) is 3.48. The zero-order chi connectivity index (χ0) is 14.7. The lowest BCUT2D eigenvalue weighted by atomic mass is 9.98. The molecule has 1 aliphatic carbocycles. The van der Waals surface area contributed by atoms with Crippen LogP contribution in [-0.4, -0.2) is 30.2 Å². The Balaban J connectivity index is 1.52. The van der Waals surface area contributed by atoms with Gasteiger partial charge >= 0.3 is 0 Å². The molecule has 1 aliphatic heterocycles. The first kappa shape index (κ1) is 14.6. The molecule has 1 aromatic carbocycles. The molecule has 0 radical (unpaired) electrons. The van der Waals surface area contributed by atoms with E-state index in [1.165, 1.54) is 44.1 Å². The second-order valence-corrected chi connectivity index (χ2v) is 6.68. The second kappa shape index (κ2) is 6.17. The minimum absolute atomic E-state index is 0.228. The fourth-order valence-corrected chi connectivity index (χ4v) is 3.87. The molecule has 21 heavy (non-hydrogen) atoms. The molecule has 2 fully saturated rings. The van der Waals surface area contributed by atoms with Crippen LogP contribution in [0.3, 0.4) is 0 Å². The number of rotatable bonds is 4. The largest absolute Gasteiger partial charge is 0.370 e. The molecule has 0 aromatic heterocycles. The third-order valence-electron chi connectivity index (χ3n) is 4.88. The first-order chi connectivity index (χ1) is 10.2. The van der Waals surface area contributed by atoms with Gasteiger partial charge in [-0.3, -0.25) is 4.90 Å². The van der Waals surface area contributed by atoms with Crippen LogP contribution in [0.15, 0.2) is 24.3 Å². The van der Waals surface area contributed by atoms with Gasteiger partial charge in [-0.15, -0.1) is 0 Å². The molecule has 1 heterocycles. The third kappa shape index (κ3) is 3.45. The molecular weight excluding hydrogens is 260 g/mol. The number of benzene rings is 1. The molecule has 0 amide bonds. The normalized spacial score (nSPS) is 23.8. The fraction of sp³-hybridized carbons (Fsp3) is 0.611. The van der Waals surface area contributed by atoms with Crippen LogP contribution in [0.2, 0.25) is 0 Å². The smallest absolute Gasteiger partial charge is 0.0991 e. The van der Waals surface area contributed by atoms with E-state index in [-0.39, 0.29) is 5.60 Å². The second-order valence-electron chi connectivity index (χ2n) is 6.68. The van der Waals surface area contributed by atoms with Crippen LogP contribution in [0.25, 0.3) is 0 Å². The van der Waals surface area contributed by atoms with Gasteiger partial charge in [0.05, 0.1) is 23.3 Å². The Morgan fingerprint density at radius 3 is 2.90 bits per heavy atom. The van der Waals surface area contributed by atoms with Crippen molar-refractivity contribution < 1.29 is 4.74 Å².